The van der Waals surface area contributed by atoms with Crippen LogP contribution in [0.3, 0.4) is 0 Å². The Morgan fingerprint density at radius 1 is 1.13 bits per heavy atom. The number of aliphatic imine (C=N–C) groups is 1. The molecule has 0 aliphatic carbocycles. The molecule has 0 saturated heterocycles. The first-order valence-corrected chi connectivity index (χ1v) is 11.7. The maximum absolute atomic E-state index is 14.1. The van der Waals surface area contributed by atoms with Crippen LogP contribution in [0.4, 0.5) is 4.39 Å². The Balaban J connectivity index is 0.00000361. The molecule has 8 heteroatoms. The van der Waals surface area contributed by atoms with Gasteiger partial charge in [-0.15, -0.1) is 0 Å². The van der Waals surface area contributed by atoms with Crippen LogP contribution in [-0.2, 0) is 9.47 Å². The fourth-order valence-electron chi connectivity index (χ4n) is 4.23. The van der Waals surface area contributed by atoms with E-state index in [0.717, 1.165) is 29.7 Å². The smallest absolute Gasteiger partial charge is 0.777 e. The number of nitrogens with zero attached hydrogens (tertiary/aromatic N) is 2. The first-order chi connectivity index (χ1) is 17.2. The van der Waals surface area contributed by atoms with Crippen molar-refractivity contribution >= 4 is 23.2 Å². The van der Waals surface area contributed by atoms with Crippen LogP contribution in [0.2, 0.25) is 0 Å². The molecule has 200 valence electrons. The molecule has 0 spiro atoms. The molecule has 0 bridgehead atoms. The van der Waals surface area contributed by atoms with Crippen LogP contribution >= 0.6 is 0 Å². The Kier molecular flexibility index (Phi) is 13.1. The van der Waals surface area contributed by atoms with Crippen molar-refractivity contribution in [1.82, 2.24) is 0 Å². The van der Waals surface area contributed by atoms with E-state index in [0.29, 0.717) is 46.9 Å². The van der Waals surface area contributed by atoms with Gasteiger partial charge in [-0.25, -0.2) is 4.39 Å². The predicted octanol–water partition coefficient (Wildman–Crippen LogP) is 7.31. The van der Waals surface area contributed by atoms with Gasteiger partial charge in [0.25, 0.3) is 0 Å². The van der Waals surface area contributed by atoms with Gasteiger partial charge in [-0.05, 0) is 84.9 Å². The number of methoxy groups -OCH3 is 2. The molecule has 0 unspecified atom stereocenters. The Morgan fingerprint density at radius 2 is 1.76 bits per heavy atom. The van der Waals surface area contributed by atoms with Crippen LogP contribution < -0.4 is 4.74 Å². The van der Waals surface area contributed by atoms with Gasteiger partial charge in [0.05, 0.1) is 26.3 Å². The van der Waals surface area contributed by atoms with Gasteiger partial charge in [0.2, 0.25) is 0 Å². The standard InChI is InChI=1S/C29H32FN2O4.CH3.U/c1-17-13-21(15-25(27(17)33)19(3)34-5)24(10-8-7-9-23-11-12-32-20(4)36-23)22-14-18(2)28(35-6)26(16-22)29(30)31;;/h10-11,13-16,33H,3,7-9,12H2,1-2,4-6H3;1H3;/q2*-1;+2/b24-10-;;. The molecule has 1 N–H and O–H groups in total. The number of phenolic OH excluding ortho intramolecular Hbond substituents is 1. The maximum atomic E-state index is 14.1. The van der Waals surface area contributed by atoms with Crippen molar-refractivity contribution in [2.45, 2.75) is 40.0 Å². The van der Waals surface area contributed by atoms with E-state index >= 15 is 0 Å². The number of hydrogen-bond donors (Lipinski definition) is 1. The van der Waals surface area contributed by atoms with Crippen LogP contribution in [0.25, 0.3) is 16.7 Å². The van der Waals surface area contributed by atoms with E-state index < -0.39 is 5.97 Å². The molecule has 0 saturated carbocycles. The summed E-state index contributed by atoms with van der Waals surface area (Å²) in [6, 6.07) is 7.10. The Hall–Kier alpha value is -2.82. The van der Waals surface area contributed by atoms with Gasteiger partial charge in [0.1, 0.15) is 23.0 Å². The molecule has 0 aromatic heterocycles. The van der Waals surface area contributed by atoms with Crippen molar-refractivity contribution in [1.29, 1.82) is 0 Å². The van der Waals surface area contributed by atoms with Gasteiger partial charge < -0.3 is 32.2 Å². The summed E-state index contributed by atoms with van der Waals surface area (Å²) >= 11 is 0. The number of ether oxygens (including phenoxy) is 3. The van der Waals surface area contributed by atoms with E-state index in [2.05, 4.69) is 17.6 Å². The number of benzene rings is 2. The van der Waals surface area contributed by atoms with Gasteiger partial charge in [0.15, 0.2) is 5.90 Å². The molecule has 6 nitrogen and oxygen atoms in total. The second-order valence-corrected chi connectivity index (χ2v) is 8.62. The van der Waals surface area contributed by atoms with Gasteiger partial charge in [-0.1, -0.05) is 12.7 Å². The van der Waals surface area contributed by atoms with E-state index in [4.69, 9.17) is 14.2 Å². The van der Waals surface area contributed by atoms with E-state index in [1.54, 1.807) is 26.0 Å². The third-order valence-corrected chi connectivity index (χ3v) is 6.06. The summed E-state index contributed by atoms with van der Waals surface area (Å²) in [7, 11) is 2.93. The van der Waals surface area contributed by atoms with Crippen LogP contribution in [0, 0.1) is 52.4 Å². The van der Waals surface area contributed by atoms with Gasteiger partial charge >= 0.3 is 31.1 Å². The Bertz CT molecular complexity index is 1280. The normalized spacial score (nSPS) is 12.7. The second kappa shape index (κ2) is 14.9. The minimum absolute atomic E-state index is 0. The van der Waals surface area contributed by atoms with Crippen LogP contribution in [0.1, 0.15) is 59.6 Å². The molecule has 2 aromatic rings. The van der Waals surface area contributed by atoms with Gasteiger partial charge in [-0.2, -0.15) is 0 Å². The van der Waals surface area contributed by atoms with Crippen molar-refractivity contribution in [3.63, 3.8) is 0 Å². The summed E-state index contributed by atoms with van der Waals surface area (Å²) < 4.78 is 30.3. The second-order valence-electron chi connectivity index (χ2n) is 8.62. The average Bonchev–Trinajstić information content (AvgIpc) is 2.84. The third-order valence-electron chi connectivity index (χ3n) is 6.06. The molecular weight excluding hydrogens is 709 g/mol. The molecule has 3 rings (SSSR count). The minimum Gasteiger partial charge on any atom is -0.777 e. The van der Waals surface area contributed by atoms with Crippen molar-refractivity contribution in [2.24, 2.45) is 4.99 Å². The number of unbranched alkanes of at least 4 members (excludes halogenated alkanes) is 1. The number of rotatable bonds is 10. The van der Waals surface area contributed by atoms with E-state index in [1.165, 1.54) is 14.2 Å². The molecule has 0 radical (unpaired) electrons. The van der Waals surface area contributed by atoms with Crippen LogP contribution in [0.15, 0.2) is 53.7 Å². The van der Waals surface area contributed by atoms with Crippen molar-refractivity contribution in [3.8, 4) is 11.5 Å². The molecule has 1 heterocycles. The third kappa shape index (κ3) is 7.85. The summed E-state index contributed by atoms with van der Waals surface area (Å²) in [6.45, 7) is 9.95. The molecule has 1 aliphatic rings. The number of phenols is 1. The fourth-order valence-corrected chi connectivity index (χ4v) is 4.23. The molecular formula is C30H35FN2O4U. The number of hydrogen-bond acceptors (Lipinski definition) is 5. The fraction of sp³-hybridized carbons (Fsp3) is 0.300. The first kappa shape index (κ1) is 33.2. The molecule has 0 atom stereocenters. The van der Waals surface area contributed by atoms with Gasteiger partial charge in [0, 0.05) is 24.9 Å². The topological polar surface area (TPSA) is 82.6 Å². The average molecular weight is 745 g/mol. The van der Waals surface area contributed by atoms with Crippen molar-refractivity contribution in [3.05, 3.63) is 95.0 Å². The summed E-state index contributed by atoms with van der Waals surface area (Å²) in [5, 5.41) is 20.3. The van der Waals surface area contributed by atoms with Crippen LogP contribution in [0.5, 0.6) is 11.5 Å². The number of halogens is 1. The Morgan fingerprint density at radius 3 is 2.34 bits per heavy atom. The molecule has 0 fully saturated rings. The van der Waals surface area contributed by atoms with E-state index in [-0.39, 0.29) is 55.6 Å². The van der Waals surface area contributed by atoms with Crippen LogP contribution in [-0.4, -0.2) is 37.7 Å². The van der Waals surface area contributed by atoms with E-state index in [1.807, 2.05) is 25.1 Å². The zero-order chi connectivity index (χ0) is 26.4. The Labute approximate surface area is 249 Å². The monoisotopic (exact) mass is 744 g/mol. The summed E-state index contributed by atoms with van der Waals surface area (Å²) in [5.41, 5.74) is 4.07. The van der Waals surface area contributed by atoms with Gasteiger partial charge in [-0.3, -0.25) is 4.99 Å². The predicted molar refractivity (Wildman–Crippen MR) is 150 cm³/mol. The summed E-state index contributed by atoms with van der Waals surface area (Å²) in [6.07, 6.45) is 6.32. The zero-order valence-corrected chi connectivity index (χ0v) is 27.1. The first-order valence-electron chi connectivity index (χ1n) is 11.7. The van der Waals surface area contributed by atoms with Crippen molar-refractivity contribution < 1.29 is 54.8 Å². The molecule has 0 amide bonds. The number of aromatic hydroxyl groups is 1. The number of allylic oxidation sites excluding steroid dienone is 2. The SMILES string of the molecule is C=C(OC)c1cc(/C(=C/CCCC2=CCN=C(C)O2)c2cc(C)c(OC)c(C(=[N-])F)c2)cc(C)c1O.[CH3-].[U+2]. The van der Waals surface area contributed by atoms with Crippen molar-refractivity contribution in [2.75, 3.05) is 20.8 Å². The quantitative estimate of drug-likeness (QED) is 0.120. The summed E-state index contributed by atoms with van der Waals surface area (Å²) in [4.78, 5) is 4.21. The largest absolute Gasteiger partial charge is 2.00 e. The number of aryl methyl sites for hydroxylation is 2. The molecule has 38 heavy (non-hydrogen) atoms. The molecule has 1 aliphatic heterocycles. The maximum Gasteiger partial charge on any atom is 2.00 e. The zero-order valence-electron chi connectivity index (χ0n) is 22.9. The summed E-state index contributed by atoms with van der Waals surface area (Å²) in [5.74, 6) is 0.937. The minimum atomic E-state index is -1.31. The molecule has 2 aromatic carbocycles. The van der Waals surface area contributed by atoms with E-state index in [9.17, 15) is 14.9 Å².